The fourth-order valence-corrected chi connectivity index (χ4v) is 8.67. The van der Waals surface area contributed by atoms with Gasteiger partial charge in [-0.3, -0.25) is 9.36 Å². The van der Waals surface area contributed by atoms with Gasteiger partial charge in [-0.1, -0.05) is 83.1 Å². The van der Waals surface area contributed by atoms with E-state index in [9.17, 15) is 14.0 Å². The summed E-state index contributed by atoms with van der Waals surface area (Å²) >= 11 is 18.1. The summed E-state index contributed by atoms with van der Waals surface area (Å²) in [5.74, 6) is -0.468. The number of hydrogen-bond acceptors (Lipinski definition) is 6. The fraction of sp³-hybridized carbons (Fsp3) is 0.114. The van der Waals surface area contributed by atoms with Crippen molar-refractivity contribution >= 4 is 97.5 Å². The van der Waals surface area contributed by atoms with Crippen LogP contribution in [0, 0.1) is 13.0 Å². The number of esters is 1. The van der Waals surface area contributed by atoms with E-state index in [2.05, 4.69) is 45.2 Å². The van der Waals surface area contributed by atoms with Crippen molar-refractivity contribution in [2.24, 2.45) is 4.99 Å². The third-order valence-electron chi connectivity index (χ3n) is 7.27. The van der Waals surface area contributed by atoms with Gasteiger partial charge in [-0.15, -0.1) is 0 Å². The van der Waals surface area contributed by atoms with Gasteiger partial charge in [0.1, 0.15) is 18.2 Å². The fourth-order valence-electron chi connectivity index (χ4n) is 5.17. The lowest BCUT2D eigenvalue weighted by Gasteiger charge is -2.25. The van der Waals surface area contributed by atoms with Gasteiger partial charge in [0.15, 0.2) is 4.80 Å². The lowest BCUT2D eigenvalue weighted by Crippen LogP contribution is -2.40. The van der Waals surface area contributed by atoms with E-state index in [1.165, 1.54) is 28.0 Å². The lowest BCUT2D eigenvalue weighted by atomic mass is 9.93. The number of rotatable bonds is 8. The van der Waals surface area contributed by atoms with Crippen LogP contribution in [0.15, 0.2) is 100 Å². The van der Waals surface area contributed by atoms with E-state index in [4.69, 9.17) is 37.7 Å². The third kappa shape index (κ3) is 7.21. The van der Waals surface area contributed by atoms with E-state index in [-0.39, 0.29) is 24.3 Å². The van der Waals surface area contributed by atoms with Gasteiger partial charge < -0.3 is 9.47 Å². The number of hydrogen-bond donors (Lipinski definition) is 0. The zero-order valence-electron chi connectivity index (χ0n) is 24.5. The summed E-state index contributed by atoms with van der Waals surface area (Å²) in [6.45, 7) is 2.02. The first-order valence-electron chi connectivity index (χ1n) is 14.2. The van der Waals surface area contributed by atoms with E-state index in [0.717, 1.165) is 12.7 Å². The molecular weight excluding hydrogens is 888 g/mol. The van der Waals surface area contributed by atoms with Crippen molar-refractivity contribution in [3.63, 3.8) is 0 Å². The molecule has 0 unspecified atom stereocenters. The van der Waals surface area contributed by atoms with Gasteiger partial charge in [-0.05, 0) is 100 Å². The smallest absolute Gasteiger partial charge is 0.338 e. The van der Waals surface area contributed by atoms with Gasteiger partial charge in [-0.25, -0.2) is 14.2 Å². The van der Waals surface area contributed by atoms with Gasteiger partial charge >= 0.3 is 5.97 Å². The maximum atomic E-state index is 14.3. The van der Waals surface area contributed by atoms with Crippen LogP contribution >= 0.6 is 79.7 Å². The Morgan fingerprint density at radius 3 is 2.49 bits per heavy atom. The molecule has 6 rings (SSSR count). The van der Waals surface area contributed by atoms with Gasteiger partial charge in [0.2, 0.25) is 0 Å². The van der Waals surface area contributed by atoms with Crippen molar-refractivity contribution in [1.82, 2.24) is 4.57 Å². The molecule has 1 atom stereocenters. The molecule has 2 heterocycles. The number of carbonyl (C=O) groups excluding carboxylic acids is 1. The minimum Gasteiger partial charge on any atom is -0.487 e. The number of thiazole rings is 1. The van der Waals surface area contributed by atoms with Crippen LogP contribution in [-0.2, 0) is 16.1 Å². The van der Waals surface area contributed by atoms with Crippen LogP contribution in [0.3, 0.4) is 0 Å². The van der Waals surface area contributed by atoms with E-state index < -0.39 is 17.8 Å². The molecule has 12 heteroatoms. The largest absolute Gasteiger partial charge is 0.487 e. The number of carbonyl (C=O) groups is 1. The first-order valence-corrected chi connectivity index (χ1v) is 18.0. The monoisotopic (exact) mass is 910 g/mol. The van der Waals surface area contributed by atoms with Gasteiger partial charge in [0.05, 0.1) is 32.0 Å². The molecule has 0 aliphatic carbocycles. The molecule has 0 saturated carbocycles. The second-order valence-corrected chi connectivity index (χ2v) is 14.6. The van der Waals surface area contributed by atoms with Crippen LogP contribution in [0.1, 0.15) is 35.2 Å². The summed E-state index contributed by atoms with van der Waals surface area (Å²) in [5.41, 5.74) is 2.88. The first kappa shape index (κ1) is 33.8. The van der Waals surface area contributed by atoms with Crippen LogP contribution < -0.4 is 19.6 Å². The summed E-state index contributed by atoms with van der Waals surface area (Å²) in [7, 11) is 0. The van der Waals surface area contributed by atoms with Crippen LogP contribution in [0.5, 0.6) is 5.75 Å². The van der Waals surface area contributed by atoms with Crippen molar-refractivity contribution < 1.29 is 18.7 Å². The molecule has 1 aliphatic rings. The first-order chi connectivity index (χ1) is 22.6. The molecule has 0 bridgehead atoms. The highest BCUT2D eigenvalue weighted by molar-refractivity contribution is 14.1. The van der Waals surface area contributed by atoms with Crippen LogP contribution in [0.4, 0.5) is 4.39 Å². The quantitative estimate of drug-likeness (QED) is 0.117. The highest BCUT2D eigenvalue weighted by Gasteiger charge is 2.35. The average Bonchev–Trinajstić information content (AvgIpc) is 3.35. The molecule has 47 heavy (non-hydrogen) atoms. The zero-order chi connectivity index (χ0) is 33.2. The number of halogens is 5. The molecular formula is C35H23Cl2FI2N2O4S. The lowest BCUT2D eigenvalue weighted by molar-refractivity contribution is -0.138. The molecule has 0 fully saturated rings. The highest BCUT2D eigenvalue weighted by Crippen LogP contribution is 2.36. The maximum absolute atomic E-state index is 14.3. The molecule has 0 spiro atoms. The Hall–Kier alpha value is -3.04. The number of aromatic nitrogens is 1. The van der Waals surface area contributed by atoms with Crippen LogP contribution in [0.2, 0.25) is 10.0 Å². The topological polar surface area (TPSA) is 69.9 Å². The van der Waals surface area contributed by atoms with E-state index in [1.807, 2.05) is 48.5 Å². The standard InChI is InChI=1S/C35H23Cl2FI2N2O4S/c1-2-45-34(44)29-30(19-6-4-3-5-7-19)41-35-42(31(29)20-9-12-24(38)13-10-20)33(43)28(47-35)15-22-14-25(39)17-27(40)32(22)46-18-21-8-11-23(36)16-26(21)37/h3-17,31H,2,18H2,1H3/b28-15-/t31-/m1/s1. The minimum absolute atomic E-state index is 0.125. The predicted octanol–water partition coefficient (Wildman–Crippen LogP) is 8.17. The Morgan fingerprint density at radius 2 is 1.79 bits per heavy atom. The molecule has 0 saturated heterocycles. The molecule has 0 amide bonds. The molecule has 5 aromatic rings. The van der Waals surface area contributed by atoms with Crippen molar-refractivity contribution in [2.75, 3.05) is 6.61 Å². The van der Waals surface area contributed by atoms with E-state index >= 15 is 0 Å². The average molecular weight is 911 g/mol. The van der Waals surface area contributed by atoms with Crippen molar-refractivity contribution in [2.45, 2.75) is 19.6 Å². The Labute approximate surface area is 310 Å². The number of benzene rings is 4. The summed E-state index contributed by atoms with van der Waals surface area (Å²) < 4.78 is 29.5. The maximum Gasteiger partial charge on any atom is 0.338 e. The zero-order valence-corrected chi connectivity index (χ0v) is 31.1. The second kappa shape index (κ2) is 14.6. The molecule has 0 radical (unpaired) electrons. The molecule has 0 N–H and O–H groups in total. The molecule has 1 aliphatic heterocycles. The van der Waals surface area contributed by atoms with Crippen LogP contribution in [0.25, 0.3) is 11.8 Å². The SMILES string of the molecule is CCOC(=O)C1=C(c2ccccc2)N=c2s/c(=C\c3cc(I)cc(I)c3OCc3ccc(Cl)cc3Cl)c(=O)n2[C@@H]1c1ccc(F)cc1. The number of ether oxygens (including phenoxy) is 2. The molecule has 1 aromatic heterocycles. The summed E-state index contributed by atoms with van der Waals surface area (Å²) in [6, 6.07) is 23.2. The molecule has 6 nitrogen and oxygen atoms in total. The number of fused-ring (bicyclic) bond motifs is 1. The summed E-state index contributed by atoms with van der Waals surface area (Å²) in [5, 5.41) is 1.01. The van der Waals surface area contributed by atoms with Gasteiger partial charge in [-0.2, -0.15) is 0 Å². The van der Waals surface area contributed by atoms with Gasteiger partial charge in [0, 0.05) is 30.3 Å². The van der Waals surface area contributed by atoms with Crippen molar-refractivity contribution in [3.8, 4) is 5.75 Å². The highest BCUT2D eigenvalue weighted by atomic mass is 127. The number of nitrogens with zero attached hydrogens (tertiary/aromatic N) is 2. The van der Waals surface area contributed by atoms with Crippen LogP contribution in [-0.4, -0.2) is 17.1 Å². The Bertz CT molecular complexity index is 2220. The van der Waals surface area contributed by atoms with Gasteiger partial charge in [0.25, 0.3) is 5.56 Å². The molecule has 4 aromatic carbocycles. The summed E-state index contributed by atoms with van der Waals surface area (Å²) in [4.78, 5) is 33.2. The normalized spacial score (nSPS) is 14.5. The van der Waals surface area contributed by atoms with Crippen molar-refractivity contribution in [1.29, 1.82) is 0 Å². The minimum atomic E-state index is -0.915. The summed E-state index contributed by atoms with van der Waals surface area (Å²) in [6.07, 6.45) is 1.77. The van der Waals surface area contributed by atoms with E-state index in [1.54, 1.807) is 37.3 Å². The van der Waals surface area contributed by atoms with Crippen molar-refractivity contribution in [3.05, 3.63) is 155 Å². The second-order valence-electron chi connectivity index (χ2n) is 10.3. The Kier molecular flexibility index (Phi) is 10.5. The van der Waals surface area contributed by atoms with E-state index in [0.29, 0.717) is 47.5 Å². The Balaban J connectivity index is 1.55. The predicted molar refractivity (Wildman–Crippen MR) is 200 cm³/mol. The molecule has 238 valence electrons. The Morgan fingerprint density at radius 1 is 1.04 bits per heavy atom. The third-order valence-corrected chi connectivity index (χ3v) is 10.3.